The van der Waals surface area contributed by atoms with E-state index in [0.29, 0.717) is 10.2 Å². The van der Waals surface area contributed by atoms with Gasteiger partial charge in [0.25, 0.3) is 17.4 Å². The number of carbonyl (C=O) groups excluding carboxylic acids is 2. The van der Waals surface area contributed by atoms with Crippen LogP contribution in [0.2, 0.25) is 0 Å². The SMILES string of the molecule is Cc1sc2nc(C(=O)NCc3ccc4c(c3F)NC(=O)CO4)[nH]c(=O)c2c1C. The molecule has 144 valence electrons. The lowest BCUT2D eigenvalue weighted by Gasteiger charge is -2.19. The maximum absolute atomic E-state index is 14.6. The van der Waals surface area contributed by atoms with Crippen molar-refractivity contribution in [2.75, 3.05) is 11.9 Å². The molecule has 0 atom stereocenters. The van der Waals surface area contributed by atoms with Crippen LogP contribution in [0, 0.1) is 19.7 Å². The predicted molar refractivity (Wildman–Crippen MR) is 101 cm³/mol. The second-order valence-corrected chi connectivity index (χ2v) is 7.51. The van der Waals surface area contributed by atoms with Gasteiger partial charge in [-0.25, -0.2) is 9.37 Å². The first-order valence-electron chi connectivity index (χ1n) is 8.37. The van der Waals surface area contributed by atoms with Gasteiger partial charge < -0.3 is 20.4 Å². The number of thiophene rings is 1. The van der Waals surface area contributed by atoms with Crippen molar-refractivity contribution in [3.8, 4) is 5.75 Å². The Morgan fingerprint density at radius 1 is 1.36 bits per heavy atom. The number of carbonyl (C=O) groups is 2. The van der Waals surface area contributed by atoms with Gasteiger partial charge in [0.1, 0.15) is 16.3 Å². The number of nitrogens with one attached hydrogen (secondary N) is 3. The number of nitrogens with zero attached hydrogens (tertiary/aromatic N) is 1. The number of aromatic amines is 1. The highest BCUT2D eigenvalue weighted by Gasteiger charge is 2.22. The molecule has 2 amide bonds. The molecule has 0 bridgehead atoms. The molecule has 0 saturated carbocycles. The van der Waals surface area contributed by atoms with Crippen LogP contribution in [0.25, 0.3) is 10.2 Å². The summed E-state index contributed by atoms with van der Waals surface area (Å²) in [5.41, 5.74) is 0.544. The quantitative estimate of drug-likeness (QED) is 0.620. The standard InChI is InChI=1S/C18H15FN4O4S/c1-7-8(2)28-18-12(7)16(25)22-15(23-18)17(26)20-5-9-3-4-10-14(13(9)19)21-11(24)6-27-10/h3-4H,5-6H2,1-2H3,(H,20,26)(H,21,24)(H,22,23,25). The second kappa shape index (κ2) is 6.71. The van der Waals surface area contributed by atoms with E-state index in [2.05, 4.69) is 20.6 Å². The van der Waals surface area contributed by atoms with Gasteiger partial charge in [0.05, 0.1) is 5.39 Å². The first-order chi connectivity index (χ1) is 13.3. The topological polar surface area (TPSA) is 113 Å². The minimum absolute atomic E-state index is 0.0551. The second-order valence-electron chi connectivity index (χ2n) is 6.31. The predicted octanol–water partition coefficient (Wildman–Crippen LogP) is 2.00. The van der Waals surface area contributed by atoms with Crippen LogP contribution in [0.3, 0.4) is 0 Å². The number of ether oxygens (including phenoxy) is 1. The van der Waals surface area contributed by atoms with Crippen molar-refractivity contribution in [3.63, 3.8) is 0 Å². The average Bonchev–Trinajstić information content (AvgIpc) is 2.95. The Morgan fingerprint density at radius 2 is 2.14 bits per heavy atom. The maximum atomic E-state index is 14.6. The molecule has 8 nitrogen and oxygen atoms in total. The Kier molecular flexibility index (Phi) is 4.34. The van der Waals surface area contributed by atoms with E-state index in [9.17, 15) is 18.8 Å². The van der Waals surface area contributed by atoms with Crippen LogP contribution < -0.4 is 20.9 Å². The van der Waals surface area contributed by atoms with Crippen LogP contribution in [0.15, 0.2) is 16.9 Å². The summed E-state index contributed by atoms with van der Waals surface area (Å²) in [6.07, 6.45) is 0. The van der Waals surface area contributed by atoms with Gasteiger partial charge >= 0.3 is 0 Å². The molecule has 3 N–H and O–H groups in total. The number of fused-ring (bicyclic) bond motifs is 2. The highest BCUT2D eigenvalue weighted by atomic mass is 32.1. The first kappa shape index (κ1) is 18.1. The van der Waals surface area contributed by atoms with Gasteiger partial charge in [0, 0.05) is 17.0 Å². The lowest BCUT2D eigenvalue weighted by Crippen LogP contribution is -2.29. The Bertz CT molecular complexity index is 1200. The van der Waals surface area contributed by atoms with Gasteiger partial charge in [-0.1, -0.05) is 6.07 Å². The minimum atomic E-state index is -0.688. The number of rotatable bonds is 3. The molecule has 0 unspecified atom stereocenters. The van der Waals surface area contributed by atoms with Crippen LogP contribution in [0.4, 0.5) is 10.1 Å². The minimum Gasteiger partial charge on any atom is -0.481 e. The third-order valence-electron chi connectivity index (χ3n) is 4.50. The van der Waals surface area contributed by atoms with Gasteiger partial charge in [-0.15, -0.1) is 11.3 Å². The number of benzene rings is 1. The third kappa shape index (κ3) is 3.01. The van der Waals surface area contributed by atoms with Gasteiger partial charge in [0.2, 0.25) is 5.82 Å². The molecule has 10 heteroatoms. The number of H-pyrrole nitrogens is 1. The summed E-state index contributed by atoms with van der Waals surface area (Å²) >= 11 is 1.33. The van der Waals surface area contributed by atoms with E-state index in [1.807, 2.05) is 13.8 Å². The molecule has 0 spiro atoms. The number of aryl methyl sites for hydroxylation is 2. The van der Waals surface area contributed by atoms with Crippen LogP contribution in [0.5, 0.6) is 5.75 Å². The summed E-state index contributed by atoms with van der Waals surface area (Å²) in [5.74, 6) is -1.70. The molecule has 2 aromatic heterocycles. The molecule has 0 saturated heterocycles. The fourth-order valence-electron chi connectivity index (χ4n) is 2.92. The zero-order valence-electron chi connectivity index (χ0n) is 14.9. The number of halogens is 1. The van der Waals surface area contributed by atoms with Crippen molar-refractivity contribution in [3.05, 3.63) is 50.1 Å². The van der Waals surface area contributed by atoms with Crippen molar-refractivity contribution in [2.24, 2.45) is 0 Å². The lowest BCUT2D eigenvalue weighted by atomic mass is 10.1. The van der Waals surface area contributed by atoms with Crippen molar-refractivity contribution < 1.29 is 18.7 Å². The number of aromatic nitrogens is 2. The molecular formula is C18H15FN4O4S. The van der Waals surface area contributed by atoms with Crippen molar-refractivity contribution in [1.29, 1.82) is 0 Å². The number of amides is 2. The molecule has 1 aliphatic heterocycles. The van der Waals surface area contributed by atoms with Crippen molar-refractivity contribution in [1.82, 2.24) is 15.3 Å². The van der Waals surface area contributed by atoms with Crippen molar-refractivity contribution in [2.45, 2.75) is 20.4 Å². The molecular weight excluding hydrogens is 387 g/mol. The van der Waals surface area contributed by atoms with Gasteiger partial charge in [0.15, 0.2) is 12.4 Å². The number of anilines is 1. The fourth-order valence-corrected chi connectivity index (χ4v) is 3.95. The zero-order chi connectivity index (χ0) is 20.0. The summed E-state index contributed by atoms with van der Waals surface area (Å²) in [7, 11) is 0. The summed E-state index contributed by atoms with van der Waals surface area (Å²) in [6.45, 7) is 3.37. The third-order valence-corrected chi connectivity index (χ3v) is 5.60. The van der Waals surface area contributed by atoms with E-state index in [-0.39, 0.29) is 36.0 Å². The van der Waals surface area contributed by atoms with E-state index < -0.39 is 23.2 Å². The Labute approximate surface area is 161 Å². The first-order valence-corrected chi connectivity index (χ1v) is 9.19. The van der Waals surface area contributed by atoms with Gasteiger partial charge in [-0.2, -0.15) is 0 Å². The van der Waals surface area contributed by atoms with E-state index in [0.717, 1.165) is 10.4 Å². The van der Waals surface area contributed by atoms with Gasteiger partial charge in [-0.3, -0.25) is 14.4 Å². The zero-order valence-corrected chi connectivity index (χ0v) is 15.8. The molecule has 0 aliphatic carbocycles. The molecule has 1 aromatic carbocycles. The van der Waals surface area contributed by atoms with Crippen LogP contribution in [-0.2, 0) is 11.3 Å². The van der Waals surface area contributed by atoms with E-state index in [1.54, 1.807) is 0 Å². The number of hydrogen-bond donors (Lipinski definition) is 3. The lowest BCUT2D eigenvalue weighted by molar-refractivity contribution is -0.118. The summed E-state index contributed by atoms with van der Waals surface area (Å²) in [6, 6.07) is 2.97. The molecule has 28 heavy (non-hydrogen) atoms. The van der Waals surface area contributed by atoms with Gasteiger partial charge in [-0.05, 0) is 25.5 Å². The van der Waals surface area contributed by atoms with E-state index in [4.69, 9.17) is 4.74 Å². The normalized spacial score (nSPS) is 13.0. The maximum Gasteiger partial charge on any atom is 0.287 e. The molecule has 0 radical (unpaired) electrons. The molecule has 1 aliphatic rings. The fraction of sp³-hybridized carbons (Fsp3) is 0.222. The Hall–Kier alpha value is -3.27. The van der Waals surface area contributed by atoms with E-state index in [1.165, 1.54) is 23.5 Å². The molecule has 3 aromatic rings. The monoisotopic (exact) mass is 402 g/mol. The Morgan fingerprint density at radius 3 is 2.93 bits per heavy atom. The highest BCUT2D eigenvalue weighted by molar-refractivity contribution is 7.18. The smallest absolute Gasteiger partial charge is 0.287 e. The number of hydrogen-bond acceptors (Lipinski definition) is 6. The van der Waals surface area contributed by atoms with Crippen LogP contribution in [-0.4, -0.2) is 28.4 Å². The van der Waals surface area contributed by atoms with E-state index >= 15 is 0 Å². The highest BCUT2D eigenvalue weighted by Crippen LogP contribution is 2.32. The van der Waals surface area contributed by atoms with Crippen molar-refractivity contribution >= 4 is 39.1 Å². The summed E-state index contributed by atoms with van der Waals surface area (Å²) in [4.78, 5) is 44.2. The molecule has 3 heterocycles. The Balaban J connectivity index is 1.57. The largest absolute Gasteiger partial charge is 0.481 e. The molecule has 0 fully saturated rings. The van der Waals surface area contributed by atoms with Crippen LogP contribution >= 0.6 is 11.3 Å². The average molecular weight is 402 g/mol. The molecule has 4 rings (SSSR count). The van der Waals surface area contributed by atoms with Crippen LogP contribution in [0.1, 0.15) is 26.6 Å². The summed E-state index contributed by atoms with van der Waals surface area (Å²) in [5, 5.41) is 5.41. The summed E-state index contributed by atoms with van der Waals surface area (Å²) < 4.78 is 19.7.